The lowest BCUT2D eigenvalue weighted by molar-refractivity contribution is -0.110. The van der Waals surface area contributed by atoms with Crippen LogP contribution in [0.1, 0.15) is 0 Å². The Labute approximate surface area is 77.8 Å². The number of halogens is 2. The Hall–Kier alpha value is -1.98. The van der Waals surface area contributed by atoms with Gasteiger partial charge in [-0.2, -0.15) is 0 Å². The maximum atomic E-state index is 12.6. The number of amides is 1. The fourth-order valence-electron chi connectivity index (χ4n) is 0.853. The minimum absolute atomic E-state index is 0.0487. The van der Waals surface area contributed by atoms with Gasteiger partial charge in [-0.15, -0.1) is 0 Å². The number of hydrogen-bond donors (Lipinski definition) is 2. The Morgan fingerprint density at radius 2 is 1.93 bits per heavy atom. The predicted octanol–water partition coefficient (Wildman–Crippen LogP) is 1.36. The first-order valence-corrected chi connectivity index (χ1v) is 3.56. The second kappa shape index (κ2) is 4.31. The van der Waals surface area contributed by atoms with Gasteiger partial charge in [0, 0.05) is 11.8 Å². The average Bonchev–Trinajstić information content (AvgIpc) is 2.01. The molecule has 0 aliphatic rings. The molecule has 0 aromatic heterocycles. The van der Waals surface area contributed by atoms with Gasteiger partial charge >= 0.3 is 0 Å². The van der Waals surface area contributed by atoms with Crippen molar-refractivity contribution >= 4 is 17.8 Å². The van der Waals surface area contributed by atoms with Gasteiger partial charge in [-0.25, -0.2) is 8.78 Å². The topological polar surface area (TPSA) is 61.7 Å². The van der Waals surface area contributed by atoms with Crippen molar-refractivity contribution in [3.63, 3.8) is 0 Å². The van der Waals surface area contributed by atoms with Crippen molar-refractivity contribution in [3.8, 4) is 0 Å². The summed E-state index contributed by atoms with van der Waals surface area (Å²) in [6.45, 7) is 0. The molecule has 14 heavy (non-hydrogen) atoms. The number of nitrogens with zero attached hydrogens (tertiary/aromatic N) is 1. The van der Waals surface area contributed by atoms with E-state index in [4.69, 9.17) is 5.21 Å². The summed E-state index contributed by atoms with van der Waals surface area (Å²) in [4.78, 5) is 10.8. The molecule has 0 aliphatic heterocycles. The van der Waals surface area contributed by atoms with Crippen LogP contribution in [0, 0.1) is 11.6 Å². The van der Waals surface area contributed by atoms with Crippen LogP contribution in [0.2, 0.25) is 0 Å². The van der Waals surface area contributed by atoms with E-state index in [-0.39, 0.29) is 5.69 Å². The summed E-state index contributed by atoms with van der Waals surface area (Å²) in [6, 6.07) is 2.55. The standard InChI is InChI=1S/C8H6F2N2O2/c9-5-1-6(10)3-7(2-5)12-8(13)4-11-14/h1-4,14H,(H,12,13)/b11-4+. The van der Waals surface area contributed by atoms with Crippen LogP contribution >= 0.6 is 0 Å². The zero-order valence-corrected chi connectivity index (χ0v) is 6.87. The van der Waals surface area contributed by atoms with E-state index in [9.17, 15) is 13.6 Å². The molecule has 0 fully saturated rings. The fourth-order valence-corrected chi connectivity index (χ4v) is 0.853. The van der Waals surface area contributed by atoms with Crippen LogP contribution in [0.25, 0.3) is 0 Å². The van der Waals surface area contributed by atoms with Gasteiger partial charge in [0.25, 0.3) is 5.91 Å². The van der Waals surface area contributed by atoms with Crippen LogP contribution < -0.4 is 5.32 Å². The zero-order chi connectivity index (χ0) is 10.6. The number of oxime groups is 1. The maximum Gasteiger partial charge on any atom is 0.270 e. The Bertz CT molecular complexity index is 359. The molecule has 0 saturated carbocycles. The predicted molar refractivity (Wildman–Crippen MR) is 45.3 cm³/mol. The summed E-state index contributed by atoms with van der Waals surface area (Å²) >= 11 is 0. The van der Waals surface area contributed by atoms with Crippen molar-refractivity contribution in [3.05, 3.63) is 29.8 Å². The smallest absolute Gasteiger partial charge is 0.270 e. The number of carbonyl (C=O) groups is 1. The molecule has 1 amide bonds. The van der Waals surface area contributed by atoms with Crippen LogP contribution in [0.3, 0.4) is 0 Å². The summed E-state index contributed by atoms with van der Waals surface area (Å²) in [7, 11) is 0. The van der Waals surface area contributed by atoms with Crippen LogP contribution in [0.15, 0.2) is 23.4 Å². The molecule has 2 N–H and O–H groups in total. The van der Waals surface area contributed by atoms with Crippen LogP contribution in [-0.2, 0) is 4.79 Å². The van der Waals surface area contributed by atoms with Crippen molar-refractivity contribution in [2.75, 3.05) is 5.32 Å². The van der Waals surface area contributed by atoms with Gasteiger partial charge in [-0.05, 0) is 12.1 Å². The Kier molecular flexibility index (Phi) is 3.11. The summed E-state index contributed by atoms with van der Waals surface area (Å²) in [5.74, 6) is -2.39. The van der Waals surface area contributed by atoms with E-state index < -0.39 is 17.5 Å². The normalized spacial score (nSPS) is 10.4. The first kappa shape index (κ1) is 10.1. The molecule has 0 saturated heterocycles. The Balaban J connectivity index is 2.81. The van der Waals surface area contributed by atoms with Gasteiger partial charge in [0.1, 0.15) is 17.8 Å². The highest BCUT2D eigenvalue weighted by Crippen LogP contribution is 2.12. The highest BCUT2D eigenvalue weighted by Gasteiger charge is 2.02. The highest BCUT2D eigenvalue weighted by atomic mass is 19.1. The van der Waals surface area contributed by atoms with Gasteiger partial charge in [0.05, 0.1) is 0 Å². The molecule has 1 aromatic rings. The monoisotopic (exact) mass is 200 g/mol. The van der Waals surface area contributed by atoms with Crippen molar-refractivity contribution in [1.29, 1.82) is 0 Å². The van der Waals surface area contributed by atoms with Gasteiger partial charge in [0.2, 0.25) is 0 Å². The fraction of sp³-hybridized carbons (Fsp3) is 0. The van der Waals surface area contributed by atoms with E-state index in [1.165, 1.54) is 0 Å². The summed E-state index contributed by atoms with van der Waals surface area (Å²) in [5.41, 5.74) is -0.0487. The van der Waals surface area contributed by atoms with Crippen LogP contribution in [-0.4, -0.2) is 17.3 Å². The molecule has 4 nitrogen and oxygen atoms in total. The number of nitrogens with one attached hydrogen (secondary N) is 1. The maximum absolute atomic E-state index is 12.6. The first-order chi connectivity index (χ1) is 6.61. The molecule has 0 unspecified atom stereocenters. The van der Waals surface area contributed by atoms with Crippen molar-refractivity contribution < 1.29 is 18.8 Å². The van der Waals surface area contributed by atoms with Crippen molar-refractivity contribution in [2.45, 2.75) is 0 Å². The first-order valence-electron chi connectivity index (χ1n) is 3.56. The van der Waals surface area contributed by atoms with Crippen LogP contribution in [0.5, 0.6) is 0 Å². The Morgan fingerprint density at radius 1 is 1.36 bits per heavy atom. The van der Waals surface area contributed by atoms with E-state index in [1.54, 1.807) is 0 Å². The zero-order valence-electron chi connectivity index (χ0n) is 6.87. The van der Waals surface area contributed by atoms with Crippen LogP contribution in [0.4, 0.5) is 14.5 Å². The summed E-state index contributed by atoms with van der Waals surface area (Å²) in [6.07, 6.45) is 0.572. The third-order valence-electron chi connectivity index (χ3n) is 1.31. The van der Waals surface area contributed by atoms with E-state index in [1.807, 2.05) is 0 Å². The van der Waals surface area contributed by atoms with Gasteiger partial charge in [-0.1, -0.05) is 5.16 Å². The second-order valence-electron chi connectivity index (χ2n) is 2.39. The molecule has 74 valence electrons. The van der Waals surface area contributed by atoms with E-state index >= 15 is 0 Å². The molecule has 0 atom stereocenters. The SMILES string of the molecule is O=C(/C=N/O)Nc1cc(F)cc(F)c1. The largest absolute Gasteiger partial charge is 0.411 e. The van der Waals surface area contributed by atoms with Crippen molar-refractivity contribution in [1.82, 2.24) is 0 Å². The van der Waals surface area contributed by atoms with Crippen molar-refractivity contribution in [2.24, 2.45) is 5.16 Å². The van der Waals surface area contributed by atoms with Gasteiger partial charge < -0.3 is 10.5 Å². The number of hydrogen-bond acceptors (Lipinski definition) is 3. The lowest BCUT2D eigenvalue weighted by Crippen LogP contribution is -2.12. The average molecular weight is 200 g/mol. The number of benzene rings is 1. The lowest BCUT2D eigenvalue weighted by atomic mass is 10.3. The molecule has 0 heterocycles. The van der Waals surface area contributed by atoms with E-state index in [0.717, 1.165) is 12.1 Å². The minimum atomic E-state index is -0.804. The number of carbonyl (C=O) groups excluding carboxylic acids is 1. The molecule has 0 spiro atoms. The number of rotatable bonds is 2. The molecular weight excluding hydrogens is 194 g/mol. The third kappa shape index (κ3) is 2.81. The molecule has 1 rings (SSSR count). The number of anilines is 1. The minimum Gasteiger partial charge on any atom is -0.411 e. The third-order valence-corrected chi connectivity index (χ3v) is 1.31. The molecule has 6 heteroatoms. The van der Waals surface area contributed by atoms with Gasteiger partial charge in [-0.3, -0.25) is 4.79 Å². The van der Waals surface area contributed by atoms with E-state index in [0.29, 0.717) is 12.3 Å². The molecular formula is C8H6F2N2O2. The highest BCUT2D eigenvalue weighted by molar-refractivity contribution is 6.31. The molecule has 0 bridgehead atoms. The second-order valence-corrected chi connectivity index (χ2v) is 2.39. The lowest BCUT2D eigenvalue weighted by Gasteiger charge is -2.01. The quantitative estimate of drug-likeness (QED) is 0.430. The summed E-state index contributed by atoms with van der Waals surface area (Å²) in [5, 5.41) is 12.5. The van der Waals surface area contributed by atoms with Gasteiger partial charge in [0.15, 0.2) is 0 Å². The van der Waals surface area contributed by atoms with E-state index in [2.05, 4.69) is 10.5 Å². The summed E-state index contributed by atoms with van der Waals surface area (Å²) < 4.78 is 25.2. The Morgan fingerprint density at radius 3 is 2.43 bits per heavy atom. The molecule has 1 aromatic carbocycles. The molecule has 0 radical (unpaired) electrons. The molecule has 0 aliphatic carbocycles.